The first-order valence-corrected chi connectivity index (χ1v) is 10.4. The molecule has 7 heteroatoms. The standard InChI is InChI=1S/C23H27N3O4/c1-15(23(28)25-18-8-5-16(6-9-18)22(24)27)26-11-2-4-19(26)17-7-10-20-21(14-17)30-13-3-12-29-20/h5-10,14-15,19H,2-4,11-13H2,1H3,(H2,24,27)(H,25,28)/t15-,19+/m1/s1. The summed E-state index contributed by atoms with van der Waals surface area (Å²) in [5.41, 5.74) is 7.46. The first kappa shape index (κ1) is 20.2. The lowest BCUT2D eigenvalue weighted by molar-refractivity contribution is -0.121. The van der Waals surface area contributed by atoms with Crippen LogP contribution in [0.2, 0.25) is 0 Å². The number of likely N-dealkylation sites (tertiary alicyclic amines) is 1. The number of anilines is 1. The van der Waals surface area contributed by atoms with E-state index >= 15 is 0 Å². The number of carbonyl (C=O) groups excluding carboxylic acids is 2. The van der Waals surface area contributed by atoms with Crippen molar-refractivity contribution in [3.63, 3.8) is 0 Å². The number of amides is 2. The van der Waals surface area contributed by atoms with E-state index in [1.54, 1.807) is 24.3 Å². The molecule has 0 saturated carbocycles. The number of nitrogens with zero attached hydrogens (tertiary/aromatic N) is 1. The first-order valence-electron chi connectivity index (χ1n) is 10.4. The van der Waals surface area contributed by atoms with E-state index in [1.165, 1.54) is 0 Å². The largest absolute Gasteiger partial charge is 0.490 e. The maximum absolute atomic E-state index is 12.9. The molecule has 2 amide bonds. The highest BCUT2D eigenvalue weighted by Gasteiger charge is 2.33. The fraction of sp³-hybridized carbons (Fsp3) is 0.391. The quantitative estimate of drug-likeness (QED) is 0.791. The van der Waals surface area contributed by atoms with Crippen molar-refractivity contribution in [2.45, 2.75) is 38.3 Å². The van der Waals surface area contributed by atoms with Gasteiger partial charge in [-0.2, -0.15) is 0 Å². The second kappa shape index (κ2) is 8.75. The number of primary amides is 1. The zero-order valence-electron chi connectivity index (χ0n) is 17.1. The minimum Gasteiger partial charge on any atom is -0.490 e. The molecule has 0 aliphatic carbocycles. The second-order valence-electron chi connectivity index (χ2n) is 7.76. The summed E-state index contributed by atoms with van der Waals surface area (Å²) in [4.78, 5) is 26.3. The van der Waals surface area contributed by atoms with Crippen molar-refractivity contribution in [2.75, 3.05) is 25.1 Å². The average Bonchev–Trinajstić information content (AvgIpc) is 3.12. The molecule has 0 radical (unpaired) electrons. The topological polar surface area (TPSA) is 93.9 Å². The zero-order valence-corrected chi connectivity index (χ0v) is 17.1. The molecule has 7 nitrogen and oxygen atoms in total. The van der Waals surface area contributed by atoms with Crippen LogP contribution in [0.1, 0.15) is 48.1 Å². The van der Waals surface area contributed by atoms with Gasteiger partial charge in [0, 0.05) is 23.7 Å². The number of hydrogen-bond donors (Lipinski definition) is 2. The summed E-state index contributed by atoms with van der Waals surface area (Å²) >= 11 is 0. The molecule has 4 rings (SSSR count). The molecule has 1 saturated heterocycles. The van der Waals surface area contributed by atoms with Gasteiger partial charge in [0.2, 0.25) is 11.8 Å². The molecule has 2 aromatic carbocycles. The Morgan fingerprint density at radius 2 is 1.80 bits per heavy atom. The number of nitrogens with one attached hydrogen (secondary N) is 1. The van der Waals surface area contributed by atoms with Gasteiger partial charge in [0.05, 0.1) is 19.3 Å². The second-order valence-corrected chi connectivity index (χ2v) is 7.76. The molecule has 30 heavy (non-hydrogen) atoms. The lowest BCUT2D eigenvalue weighted by Gasteiger charge is -2.30. The zero-order chi connectivity index (χ0) is 21.1. The van der Waals surface area contributed by atoms with Crippen LogP contribution in [0.5, 0.6) is 11.5 Å². The molecule has 0 aromatic heterocycles. The van der Waals surface area contributed by atoms with Crippen molar-refractivity contribution >= 4 is 17.5 Å². The molecule has 0 bridgehead atoms. The van der Waals surface area contributed by atoms with Gasteiger partial charge >= 0.3 is 0 Å². The highest BCUT2D eigenvalue weighted by atomic mass is 16.5. The summed E-state index contributed by atoms with van der Waals surface area (Å²) in [5, 5.41) is 2.94. The van der Waals surface area contributed by atoms with Crippen LogP contribution in [0.3, 0.4) is 0 Å². The number of benzene rings is 2. The van der Waals surface area contributed by atoms with E-state index in [0.717, 1.165) is 42.9 Å². The molecule has 2 aromatic rings. The van der Waals surface area contributed by atoms with Crippen LogP contribution in [-0.2, 0) is 4.79 Å². The van der Waals surface area contributed by atoms with Gasteiger partial charge < -0.3 is 20.5 Å². The maximum atomic E-state index is 12.9. The van der Waals surface area contributed by atoms with Crippen LogP contribution < -0.4 is 20.5 Å². The number of nitrogens with two attached hydrogens (primary N) is 1. The minimum absolute atomic E-state index is 0.0805. The fourth-order valence-electron chi connectivity index (χ4n) is 4.11. The average molecular weight is 409 g/mol. The highest BCUT2D eigenvalue weighted by Crippen LogP contribution is 2.38. The van der Waals surface area contributed by atoms with Crippen LogP contribution in [0.4, 0.5) is 5.69 Å². The Balaban J connectivity index is 1.46. The Hall–Kier alpha value is -3.06. The Kier molecular flexibility index (Phi) is 5.90. The third-order valence-corrected chi connectivity index (χ3v) is 5.76. The summed E-state index contributed by atoms with van der Waals surface area (Å²) in [6.45, 7) is 4.10. The molecule has 2 aliphatic rings. The van der Waals surface area contributed by atoms with E-state index in [-0.39, 0.29) is 18.0 Å². The van der Waals surface area contributed by atoms with Crippen molar-refractivity contribution < 1.29 is 19.1 Å². The van der Waals surface area contributed by atoms with Crippen LogP contribution in [-0.4, -0.2) is 42.5 Å². The Bertz CT molecular complexity index is 929. The first-order chi connectivity index (χ1) is 14.5. The van der Waals surface area contributed by atoms with E-state index < -0.39 is 5.91 Å². The number of rotatable bonds is 5. The predicted octanol–water partition coefficient (Wildman–Crippen LogP) is 3.11. The molecule has 3 N–H and O–H groups in total. The molecule has 158 valence electrons. The van der Waals surface area contributed by atoms with E-state index in [1.807, 2.05) is 13.0 Å². The van der Waals surface area contributed by atoms with Gasteiger partial charge in [-0.3, -0.25) is 14.5 Å². The van der Waals surface area contributed by atoms with Gasteiger partial charge in [-0.1, -0.05) is 6.07 Å². The van der Waals surface area contributed by atoms with Gasteiger partial charge in [0.25, 0.3) is 0 Å². The molecule has 2 aliphatic heterocycles. The fourth-order valence-corrected chi connectivity index (χ4v) is 4.11. The Morgan fingerprint density at radius 3 is 2.53 bits per heavy atom. The van der Waals surface area contributed by atoms with Gasteiger partial charge in [0.1, 0.15) is 0 Å². The molecule has 1 fully saturated rings. The van der Waals surface area contributed by atoms with E-state index in [0.29, 0.717) is 24.5 Å². The lowest BCUT2D eigenvalue weighted by Crippen LogP contribution is -2.41. The van der Waals surface area contributed by atoms with E-state index in [9.17, 15) is 9.59 Å². The third kappa shape index (κ3) is 4.26. The van der Waals surface area contributed by atoms with Crippen LogP contribution >= 0.6 is 0 Å². The number of fused-ring (bicyclic) bond motifs is 1. The predicted molar refractivity (Wildman–Crippen MR) is 114 cm³/mol. The van der Waals surface area contributed by atoms with Crippen molar-refractivity contribution in [1.82, 2.24) is 4.90 Å². The smallest absolute Gasteiger partial charge is 0.248 e. The summed E-state index contributed by atoms with van der Waals surface area (Å²) in [5.74, 6) is 0.994. The molecule has 0 spiro atoms. The van der Waals surface area contributed by atoms with E-state index in [2.05, 4.69) is 22.3 Å². The summed E-state index contributed by atoms with van der Waals surface area (Å²) in [7, 11) is 0. The molecule has 0 unspecified atom stereocenters. The van der Waals surface area contributed by atoms with Crippen molar-refractivity contribution in [2.24, 2.45) is 5.73 Å². The SMILES string of the molecule is C[C@H](C(=O)Nc1ccc(C(N)=O)cc1)N1CCC[C@H]1c1ccc2c(c1)OCCCO2. The maximum Gasteiger partial charge on any atom is 0.248 e. The summed E-state index contributed by atoms with van der Waals surface area (Å²) < 4.78 is 11.6. The normalized spacial score (nSPS) is 19.7. The van der Waals surface area contributed by atoms with Crippen molar-refractivity contribution in [3.05, 3.63) is 53.6 Å². The van der Waals surface area contributed by atoms with Crippen LogP contribution in [0.15, 0.2) is 42.5 Å². The van der Waals surface area contributed by atoms with Crippen molar-refractivity contribution in [1.29, 1.82) is 0 Å². The van der Waals surface area contributed by atoms with Gasteiger partial charge in [-0.05, 0) is 68.3 Å². The number of ether oxygens (including phenoxy) is 2. The van der Waals surface area contributed by atoms with E-state index in [4.69, 9.17) is 15.2 Å². The minimum atomic E-state index is -0.490. The highest BCUT2D eigenvalue weighted by molar-refractivity contribution is 5.96. The van der Waals surface area contributed by atoms with Crippen molar-refractivity contribution in [3.8, 4) is 11.5 Å². The third-order valence-electron chi connectivity index (χ3n) is 5.76. The monoisotopic (exact) mass is 409 g/mol. The Labute approximate surface area is 176 Å². The Morgan fingerprint density at radius 1 is 1.07 bits per heavy atom. The van der Waals surface area contributed by atoms with Gasteiger partial charge in [-0.25, -0.2) is 0 Å². The summed E-state index contributed by atoms with van der Waals surface area (Å²) in [6, 6.07) is 12.5. The molecule has 2 atom stereocenters. The lowest BCUT2D eigenvalue weighted by atomic mass is 10.0. The molecular formula is C23H27N3O4. The van der Waals surface area contributed by atoms with Gasteiger partial charge in [0.15, 0.2) is 11.5 Å². The van der Waals surface area contributed by atoms with Crippen LogP contribution in [0.25, 0.3) is 0 Å². The summed E-state index contributed by atoms with van der Waals surface area (Å²) in [6.07, 6.45) is 2.89. The number of hydrogen-bond acceptors (Lipinski definition) is 5. The molecule has 2 heterocycles. The van der Waals surface area contributed by atoms with Crippen LogP contribution in [0, 0.1) is 0 Å². The number of carbonyl (C=O) groups is 2. The van der Waals surface area contributed by atoms with Gasteiger partial charge in [-0.15, -0.1) is 0 Å². The molecular weight excluding hydrogens is 382 g/mol.